The van der Waals surface area contributed by atoms with E-state index >= 15 is 0 Å². The van der Waals surface area contributed by atoms with Crippen molar-refractivity contribution in [2.75, 3.05) is 13.2 Å². The van der Waals surface area contributed by atoms with E-state index in [-0.39, 0.29) is 0 Å². The average molecular weight is 214 g/mol. The number of hydrogen-bond donors (Lipinski definition) is 0. The van der Waals surface area contributed by atoms with Crippen molar-refractivity contribution in [2.24, 2.45) is 0 Å². The van der Waals surface area contributed by atoms with Gasteiger partial charge in [0.2, 0.25) is 0 Å². The molecule has 0 N–H and O–H groups in total. The first kappa shape index (κ1) is 13.7. The molecule has 15 heavy (non-hydrogen) atoms. The fraction of sp³-hybridized carbons (Fsp3) is 0.636. The molecule has 0 aliphatic rings. The number of hydrogen-bond acceptors (Lipinski definition) is 4. The summed E-state index contributed by atoms with van der Waals surface area (Å²) < 4.78 is 9.44. The van der Waals surface area contributed by atoms with Gasteiger partial charge in [-0.2, -0.15) is 0 Å². The molecule has 0 saturated heterocycles. The fourth-order valence-electron chi connectivity index (χ4n) is 0.899. The van der Waals surface area contributed by atoms with Gasteiger partial charge in [-0.3, -0.25) is 0 Å². The molecule has 0 unspecified atom stereocenters. The van der Waals surface area contributed by atoms with Crippen molar-refractivity contribution >= 4 is 11.9 Å². The molecule has 0 amide bonds. The third kappa shape index (κ3) is 9.00. The van der Waals surface area contributed by atoms with Gasteiger partial charge < -0.3 is 9.47 Å². The molecule has 4 heteroatoms. The Kier molecular flexibility index (Phi) is 8.43. The highest BCUT2D eigenvalue weighted by atomic mass is 16.5. The third-order valence-corrected chi connectivity index (χ3v) is 1.63. The van der Waals surface area contributed by atoms with Crippen LogP contribution in [-0.4, -0.2) is 25.2 Å². The quantitative estimate of drug-likeness (QED) is 0.368. The van der Waals surface area contributed by atoms with E-state index in [0.29, 0.717) is 13.2 Å². The summed E-state index contributed by atoms with van der Waals surface area (Å²) >= 11 is 0. The van der Waals surface area contributed by atoms with E-state index in [4.69, 9.17) is 4.74 Å². The number of carbonyl (C=O) groups excluding carboxylic acids is 2. The topological polar surface area (TPSA) is 52.6 Å². The molecule has 0 aliphatic heterocycles. The highest BCUT2D eigenvalue weighted by Gasteiger charge is 1.99. The van der Waals surface area contributed by atoms with Crippen molar-refractivity contribution in [3.05, 3.63) is 12.2 Å². The van der Waals surface area contributed by atoms with Crippen LogP contribution in [0.4, 0.5) is 0 Å². The van der Waals surface area contributed by atoms with Gasteiger partial charge in [-0.25, -0.2) is 9.59 Å². The van der Waals surface area contributed by atoms with E-state index in [9.17, 15) is 9.59 Å². The molecule has 0 spiro atoms. The van der Waals surface area contributed by atoms with E-state index in [1.54, 1.807) is 6.92 Å². The summed E-state index contributed by atoms with van der Waals surface area (Å²) in [5.41, 5.74) is 0. The fourth-order valence-corrected chi connectivity index (χ4v) is 0.899. The van der Waals surface area contributed by atoms with E-state index in [1.807, 2.05) is 0 Å². The lowest BCUT2D eigenvalue weighted by atomic mass is 10.3. The Morgan fingerprint density at radius 3 is 2.13 bits per heavy atom. The molecular weight excluding hydrogens is 196 g/mol. The van der Waals surface area contributed by atoms with Gasteiger partial charge in [0.15, 0.2) is 0 Å². The predicted molar refractivity (Wildman–Crippen MR) is 56.3 cm³/mol. The second kappa shape index (κ2) is 9.24. The lowest BCUT2D eigenvalue weighted by molar-refractivity contribution is -0.140. The van der Waals surface area contributed by atoms with Gasteiger partial charge in [-0.1, -0.05) is 19.8 Å². The number of rotatable bonds is 7. The molecule has 86 valence electrons. The Balaban J connectivity index is 3.59. The van der Waals surface area contributed by atoms with Crippen molar-refractivity contribution < 1.29 is 19.1 Å². The van der Waals surface area contributed by atoms with Gasteiger partial charge in [-0.15, -0.1) is 0 Å². The monoisotopic (exact) mass is 214 g/mol. The number of ether oxygens (including phenoxy) is 2. The minimum atomic E-state index is -0.525. The molecule has 0 radical (unpaired) electrons. The Labute approximate surface area is 90.2 Å². The maximum atomic E-state index is 11.0. The summed E-state index contributed by atoms with van der Waals surface area (Å²) in [6.07, 6.45) is 5.14. The summed E-state index contributed by atoms with van der Waals surface area (Å²) in [4.78, 5) is 21.8. The SMILES string of the molecule is CCCCCOC(=O)/C=C\C(=O)OCC. The minimum Gasteiger partial charge on any atom is -0.463 e. The van der Waals surface area contributed by atoms with Gasteiger partial charge >= 0.3 is 11.9 Å². The first-order chi connectivity index (χ1) is 7.20. The standard InChI is InChI=1S/C11H18O4/c1-3-5-6-9-15-11(13)8-7-10(12)14-4-2/h7-8H,3-6,9H2,1-2H3/b8-7-. The van der Waals surface area contributed by atoms with Crippen LogP contribution in [0.2, 0.25) is 0 Å². The summed E-state index contributed by atoms with van der Waals surface area (Å²) in [6.45, 7) is 4.48. The van der Waals surface area contributed by atoms with E-state index < -0.39 is 11.9 Å². The van der Waals surface area contributed by atoms with Crippen LogP contribution in [0.15, 0.2) is 12.2 Å². The molecule has 0 fully saturated rings. The second-order valence-corrected chi connectivity index (χ2v) is 2.96. The van der Waals surface area contributed by atoms with E-state index in [2.05, 4.69) is 11.7 Å². The maximum Gasteiger partial charge on any atom is 0.331 e. The first-order valence-corrected chi connectivity index (χ1v) is 5.22. The molecule has 0 saturated carbocycles. The Hall–Kier alpha value is -1.32. The predicted octanol–water partition coefficient (Wildman–Crippen LogP) is 1.84. The Bertz CT molecular complexity index is 221. The molecule has 0 aromatic carbocycles. The number of carbonyl (C=O) groups is 2. The zero-order chi connectivity index (χ0) is 11.5. The smallest absolute Gasteiger partial charge is 0.331 e. The molecule has 0 bridgehead atoms. The molecule has 0 atom stereocenters. The zero-order valence-corrected chi connectivity index (χ0v) is 9.32. The van der Waals surface area contributed by atoms with Crippen molar-refractivity contribution in [1.29, 1.82) is 0 Å². The van der Waals surface area contributed by atoms with Crippen molar-refractivity contribution in [2.45, 2.75) is 33.1 Å². The van der Waals surface area contributed by atoms with Gasteiger partial charge in [0.1, 0.15) is 0 Å². The third-order valence-electron chi connectivity index (χ3n) is 1.63. The van der Waals surface area contributed by atoms with Crippen LogP contribution >= 0.6 is 0 Å². The Morgan fingerprint density at radius 2 is 1.60 bits per heavy atom. The van der Waals surface area contributed by atoms with Gasteiger partial charge in [0.05, 0.1) is 13.2 Å². The van der Waals surface area contributed by atoms with Crippen molar-refractivity contribution in [3.63, 3.8) is 0 Å². The Morgan fingerprint density at radius 1 is 1.00 bits per heavy atom. The van der Waals surface area contributed by atoms with E-state index in [1.165, 1.54) is 0 Å². The molecular formula is C11H18O4. The summed E-state index contributed by atoms with van der Waals surface area (Å²) in [5.74, 6) is -1.03. The number of esters is 2. The van der Waals surface area contributed by atoms with Crippen molar-refractivity contribution in [3.8, 4) is 0 Å². The summed E-state index contributed by atoms with van der Waals surface area (Å²) in [7, 11) is 0. The molecule has 0 heterocycles. The van der Waals surface area contributed by atoms with Crippen LogP contribution in [0, 0.1) is 0 Å². The first-order valence-electron chi connectivity index (χ1n) is 5.22. The van der Waals surface area contributed by atoms with Gasteiger partial charge in [0, 0.05) is 12.2 Å². The maximum absolute atomic E-state index is 11.0. The van der Waals surface area contributed by atoms with Crippen LogP contribution in [0.1, 0.15) is 33.1 Å². The second-order valence-electron chi connectivity index (χ2n) is 2.96. The van der Waals surface area contributed by atoms with E-state index in [0.717, 1.165) is 31.4 Å². The van der Waals surface area contributed by atoms with Crippen molar-refractivity contribution in [1.82, 2.24) is 0 Å². The largest absolute Gasteiger partial charge is 0.463 e. The van der Waals surface area contributed by atoms with Crippen LogP contribution in [0.5, 0.6) is 0 Å². The number of unbranched alkanes of at least 4 members (excludes halogenated alkanes) is 2. The lowest BCUT2D eigenvalue weighted by Gasteiger charge is -2.00. The highest BCUT2D eigenvalue weighted by Crippen LogP contribution is 1.95. The van der Waals surface area contributed by atoms with Crippen LogP contribution in [0.3, 0.4) is 0 Å². The van der Waals surface area contributed by atoms with Gasteiger partial charge in [0.25, 0.3) is 0 Å². The minimum absolute atomic E-state index is 0.300. The normalized spacial score (nSPS) is 10.3. The highest BCUT2D eigenvalue weighted by molar-refractivity contribution is 5.91. The van der Waals surface area contributed by atoms with Crippen LogP contribution < -0.4 is 0 Å². The molecule has 0 aliphatic carbocycles. The van der Waals surface area contributed by atoms with Gasteiger partial charge in [-0.05, 0) is 13.3 Å². The summed E-state index contributed by atoms with van der Waals surface area (Å²) in [5, 5.41) is 0. The van der Waals surface area contributed by atoms with Crippen LogP contribution in [-0.2, 0) is 19.1 Å². The lowest BCUT2D eigenvalue weighted by Crippen LogP contribution is -2.05. The molecule has 0 aromatic heterocycles. The molecule has 0 aromatic rings. The van der Waals surface area contributed by atoms with Crippen LogP contribution in [0.25, 0.3) is 0 Å². The molecule has 0 rings (SSSR count). The zero-order valence-electron chi connectivity index (χ0n) is 9.32. The molecule has 4 nitrogen and oxygen atoms in total. The summed E-state index contributed by atoms with van der Waals surface area (Å²) in [6, 6.07) is 0. The average Bonchev–Trinajstić information content (AvgIpc) is 2.22.